The van der Waals surface area contributed by atoms with E-state index in [2.05, 4.69) is 27.6 Å². The van der Waals surface area contributed by atoms with Crippen LogP contribution in [0.15, 0.2) is 52.9 Å². The molecule has 1 amide bonds. The van der Waals surface area contributed by atoms with E-state index in [9.17, 15) is 4.79 Å². The lowest BCUT2D eigenvalue weighted by molar-refractivity contribution is 0.0950. The first-order valence-electron chi connectivity index (χ1n) is 7.92. The van der Waals surface area contributed by atoms with Crippen LogP contribution in [0, 0.1) is 0 Å². The number of hydrogen-bond donors (Lipinski definition) is 2. The highest BCUT2D eigenvalue weighted by Gasteiger charge is 2.10. The van der Waals surface area contributed by atoms with Crippen molar-refractivity contribution in [2.75, 3.05) is 6.61 Å². The summed E-state index contributed by atoms with van der Waals surface area (Å²) in [6, 6.07) is 13.2. The normalized spacial score (nSPS) is 10.9. The molecule has 7 heteroatoms. The fraction of sp³-hybridized carbons (Fsp3) is 0.167. The van der Waals surface area contributed by atoms with E-state index >= 15 is 0 Å². The molecule has 0 aliphatic heterocycles. The highest BCUT2D eigenvalue weighted by atomic mass is 32.1. The summed E-state index contributed by atoms with van der Waals surface area (Å²) in [5.41, 5.74) is 4.42. The van der Waals surface area contributed by atoms with Crippen LogP contribution in [0.25, 0.3) is 11.3 Å². The zero-order chi connectivity index (χ0) is 17.5. The van der Waals surface area contributed by atoms with E-state index in [1.165, 1.54) is 0 Å². The van der Waals surface area contributed by atoms with Crippen LogP contribution in [0.2, 0.25) is 0 Å². The quantitative estimate of drug-likeness (QED) is 0.502. The van der Waals surface area contributed by atoms with Gasteiger partial charge in [-0.3, -0.25) is 9.89 Å². The van der Waals surface area contributed by atoms with E-state index in [1.807, 2.05) is 41.8 Å². The topological polar surface area (TPSA) is 79.4 Å². The number of carbonyl (C=O) groups is 1. The molecule has 0 aliphatic carbocycles. The fourth-order valence-corrected chi connectivity index (χ4v) is 2.69. The van der Waals surface area contributed by atoms with Gasteiger partial charge in [-0.2, -0.15) is 10.2 Å². The van der Waals surface area contributed by atoms with Crippen molar-refractivity contribution < 1.29 is 9.53 Å². The number of H-pyrrole nitrogens is 1. The number of hydrazone groups is 1. The molecule has 128 valence electrons. The summed E-state index contributed by atoms with van der Waals surface area (Å²) < 4.78 is 5.56. The second kappa shape index (κ2) is 8.25. The Morgan fingerprint density at radius 1 is 1.36 bits per heavy atom. The number of rotatable bonds is 7. The third-order valence-electron chi connectivity index (χ3n) is 3.35. The number of benzene rings is 1. The minimum Gasteiger partial charge on any atom is -0.494 e. The van der Waals surface area contributed by atoms with E-state index in [-0.39, 0.29) is 5.91 Å². The predicted molar refractivity (Wildman–Crippen MR) is 99.2 cm³/mol. The summed E-state index contributed by atoms with van der Waals surface area (Å²) in [5.74, 6) is 0.483. The van der Waals surface area contributed by atoms with Crippen molar-refractivity contribution in [2.45, 2.75) is 13.3 Å². The van der Waals surface area contributed by atoms with Gasteiger partial charge in [0.1, 0.15) is 11.4 Å². The summed E-state index contributed by atoms with van der Waals surface area (Å²) in [7, 11) is 0. The molecule has 0 saturated heterocycles. The van der Waals surface area contributed by atoms with Gasteiger partial charge in [0, 0.05) is 10.4 Å². The van der Waals surface area contributed by atoms with Crippen LogP contribution in [0.1, 0.15) is 28.7 Å². The molecule has 3 aromatic rings. The van der Waals surface area contributed by atoms with E-state index in [0.717, 1.165) is 22.6 Å². The third-order valence-corrected chi connectivity index (χ3v) is 4.15. The molecular formula is C18H18N4O2S. The predicted octanol–water partition coefficient (Wildman–Crippen LogP) is 3.69. The average molecular weight is 354 g/mol. The summed E-state index contributed by atoms with van der Waals surface area (Å²) in [6.45, 7) is 2.76. The first-order chi connectivity index (χ1) is 12.3. The monoisotopic (exact) mass is 354 g/mol. The van der Waals surface area contributed by atoms with Crippen molar-refractivity contribution in [1.82, 2.24) is 15.6 Å². The highest BCUT2D eigenvalue weighted by molar-refractivity contribution is 7.11. The molecule has 3 rings (SSSR count). The average Bonchev–Trinajstić information content (AvgIpc) is 3.32. The van der Waals surface area contributed by atoms with Gasteiger partial charge in [0.05, 0.1) is 18.5 Å². The van der Waals surface area contributed by atoms with Gasteiger partial charge in [0.25, 0.3) is 5.91 Å². The van der Waals surface area contributed by atoms with Crippen LogP contribution < -0.4 is 10.2 Å². The molecule has 2 heterocycles. The largest absolute Gasteiger partial charge is 0.494 e. The number of thiophene rings is 1. The Labute approximate surface area is 149 Å². The lowest BCUT2D eigenvalue weighted by Gasteiger charge is -2.04. The van der Waals surface area contributed by atoms with E-state index in [1.54, 1.807) is 23.6 Å². The maximum atomic E-state index is 12.1. The molecule has 0 spiro atoms. The Balaban J connectivity index is 1.62. The second-order valence-electron chi connectivity index (χ2n) is 5.25. The molecule has 2 aromatic heterocycles. The van der Waals surface area contributed by atoms with Gasteiger partial charge in [-0.1, -0.05) is 13.0 Å². The first kappa shape index (κ1) is 16.9. The Bertz CT molecular complexity index is 838. The number of hydrogen-bond acceptors (Lipinski definition) is 5. The van der Waals surface area contributed by atoms with Gasteiger partial charge in [-0.05, 0) is 48.2 Å². The van der Waals surface area contributed by atoms with Crippen LogP contribution in [-0.2, 0) is 0 Å². The molecule has 2 N–H and O–H groups in total. The molecule has 0 radical (unpaired) electrons. The van der Waals surface area contributed by atoms with Crippen LogP contribution in [-0.4, -0.2) is 28.9 Å². The molecule has 0 fully saturated rings. The standard InChI is InChI=1S/C18H18N4O2S/c1-2-9-24-14-7-5-13(6-8-14)16-11-17(21-20-16)18(23)22-19-12-15-4-3-10-25-15/h3-8,10-12H,2,9H2,1H3,(H,20,21)(H,22,23)/b19-12-. The number of amides is 1. The Kier molecular flexibility index (Phi) is 5.58. The van der Waals surface area contributed by atoms with Crippen molar-refractivity contribution in [3.05, 3.63) is 58.4 Å². The van der Waals surface area contributed by atoms with Gasteiger partial charge in [0.15, 0.2) is 0 Å². The molecule has 0 bridgehead atoms. The van der Waals surface area contributed by atoms with Gasteiger partial charge in [-0.25, -0.2) is 5.43 Å². The minimum atomic E-state index is -0.338. The van der Waals surface area contributed by atoms with Crippen molar-refractivity contribution in [3.8, 4) is 17.0 Å². The van der Waals surface area contributed by atoms with Crippen molar-refractivity contribution in [1.29, 1.82) is 0 Å². The Morgan fingerprint density at radius 2 is 2.20 bits per heavy atom. The van der Waals surface area contributed by atoms with Gasteiger partial charge in [0.2, 0.25) is 0 Å². The number of ether oxygens (including phenoxy) is 1. The zero-order valence-electron chi connectivity index (χ0n) is 13.7. The highest BCUT2D eigenvalue weighted by Crippen LogP contribution is 2.21. The molecule has 6 nitrogen and oxygen atoms in total. The zero-order valence-corrected chi connectivity index (χ0v) is 14.5. The second-order valence-corrected chi connectivity index (χ2v) is 6.23. The molecule has 0 saturated carbocycles. The number of nitrogens with one attached hydrogen (secondary N) is 2. The molecule has 0 unspecified atom stereocenters. The van der Waals surface area contributed by atoms with Gasteiger partial charge in [-0.15, -0.1) is 11.3 Å². The Morgan fingerprint density at radius 3 is 2.92 bits per heavy atom. The number of aromatic nitrogens is 2. The van der Waals surface area contributed by atoms with Gasteiger partial charge < -0.3 is 4.74 Å². The summed E-state index contributed by atoms with van der Waals surface area (Å²) >= 11 is 1.55. The van der Waals surface area contributed by atoms with Crippen LogP contribution in [0.4, 0.5) is 0 Å². The molecule has 25 heavy (non-hydrogen) atoms. The lowest BCUT2D eigenvalue weighted by atomic mass is 10.1. The number of nitrogens with zero attached hydrogens (tertiary/aromatic N) is 2. The number of aromatic amines is 1. The SMILES string of the molecule is CCCOc1ccc(-c2cc(C(=O)N/N=C\c3cccs3)[nH]n2)cc1. The van der Waals surface area contributed by atoms with Crippen molar-refractivity contribution in [3.63, 3.8) is 0 Å². The Hall–Kier alpha value is -2.93. The van der Waals surface area contributed by atoms with E-state index in [0.29, 0.717) is 18.0 Å². The maximum absolute atomic E-state index is 12.1. The van der Waals surface area contributed by atoms with Crippen LogP contribution in [0.3, 0.4) is 0 Å². The van der Waals surface area contributed by atoms with Gasteiger partial charge >= 0.3 is 0 Å². The summed E-state index contributed by atoms with van der Waals surface area (Å²) in [4.78, 5) is 13.0. The summed E-state index contributed by atoms with van der Waals surface area (Å²) in [5, 5.41) is 12.8. The lowest BCUT2D eigenvalue weighted by Crippen LogP contribution is -2.17. The van der Waals surface area contributed by atoms with Crippen molar-refractivity contribution >= 4 is 23.5 Å². The van der Waals surface area contributed by atoms with Crippen molar-refractivity contribution in [2.24, 2.45) is 5.10 Å². The fourth-order valence-electron chi connectivity index (χ4n) is 2.11. The minimum absolute atomic E-state index is 0.338. The maximum Gasteiger partial charge on any atom is 0.289 e. The first-order valence-corrected chi connectivity index (χ1v) is 8.80. The molecular weight excluding hydrogens is 336 g/mol. The summed E-state index contributed by atoms with van der Waals surface area (Å²) in [6.07, 6.45) is 2.57. The van der Waals surface area contributed by atoms with E-state index in [4.69, 9.17) is 4.74 Å². The third kappa shape index (κ3) is 4.54. The molecule has 0 aliphatic rings. The number of carbonyl (C=O) groups excluding carboxylic acids is 1. The van der Waals surface area contributed by atoms with Crippen LogP contribution in [0.5, 0.6) is 5.75 Å². The molecule has 0 atom stereocenters. The van der Waals surface area contributed by atoms with Crippen LogP contribution >= 0.6 is 11.3 Å². The smallest absolute Gasteiger partial charge is 0.289 e. The molecule has 1 aromatic carbocycles. The van der Waals surface area contributed by atoms with E-state index < -0.39 is 0 Å².